The number of hydrogen-bond acceptors (Lipinski definition) is 2. The summed E-state index contributed by atoms with van der Waals surface area (Å²) in [5.41, 5.74) is -0.219. The molecule has 0 bridgehead atoms. The van der Waals surface area contributed by atoms with Gasteiger partial charge in [-0.3, -0.25) is 4.79 Å². The van der Waals surface area contributed by atoms with Crippen molar-refractivity contribution in [1.29, 1.82) is 0 Å². The molecule has 0 aromatic carbocycles. The molecule has 5 heteroatoms. The second-order valence-electron chi connectivity index (χ2n) is 7.01. The van der Waals surface area contributed by atoms with Crippen LogP contribution in [0.5, 0.6) is 0 Å². The van der Waals surface area contributed by atoms with Crippen LogP contribution >= 0.6 is 0 Å². The van der Waals surface area contributed by atoms with Crippen molar-refractivity contribution >= 4 is 11.9 Å². The highest BCUT2D eigenvalue weighted by atomic mass is 16.2. The van der Waals surface area contributed by atoms with Crippen LogP contribution in [-0.2, 0) is 4.79 Å². The van der Waals surface area contributed by atoms with E-state index in [1.54, 1.807) is 0 Å². The number of carbonyl (C=O) groups is 1. The van der Waals surface area contributed by atoms with Crippen molar-refractivity contribution in [3.63, 3.8) is 0 Å². The topological polar surface area (TPSA) is 65.5 Å². The van der Waals surface area contributed by atoms with E-state index < -0.39 is 0 Å². The van der Waals surface area contributed by atoms with Crippen LogP contribution in [0, 0.1) is 5.92 Å². The van der Waals surface area contributed by atoms with Gasteiger partial charge in [-0.25, -0.2) is 4.99 Å². The summed E-state index contributed by atoms with van der Waals surface area (Å²) in [6.45, 7) is 15.4. The quantitative estimate of drug-likeness (QED) is 0.499. The Morgan fingerprint density at radius 1 is 1.14 bits per heavy atom. The number of carbonyl (C=O) groups excluding carboxylic acids is 1. The van der Waals surface area contributed by atoms with Gasteiger partial charge in [0.05, 0.1) is 0 Å². The SMILES string of the molecule is CCNC(=NCC(=O)NC(C)(C)C)NC(C)CCC(C)C. The third kappa shape index (κ3) is 12.2. The zero-order chi connectivity index (χ0) is 16.5. The zero-order valence-electron chi connectivity index (χ0n) is 14.8. The van der Waals surface area contributed by atoms with Crippen molar-refractivity contribution in [2.75, 3.05) is 13.1 Å². The van der Waals surface area contributed by atoms with Crippen molar-refractivity contribution in [1.82, 2.24) is 16.0 Å². The molecule has 0 aliphatic heterocycles. The Bertz CT molecular complexity index is 332. The van der Waals surface area contributed by atoms with E-state index in [4.69, 9.17) is 0 Å². The minimum Gasteiger partial charge on any atom is -0.357 e. The summed E-state index contributed by atoms with van der Waals surface area (Å²) < 4.78 is 0. The van der Waals surface area contributed by atoms with Crippen molar-refractivity contribution in [2.45, 2.75) is 72.9 Å². The molecule has 0 fully saturated rings. The van der Waals surface area contributed by atoms with Gasteiger partial charge in [0, 0.05) is 18.1 Å². The van der Waals surface area contributed by atoms with Crippen LogP contribution in [-0.4, -0.2) is 36.5 Å². The smallest absolute Gasteiger partial charge is 0.242 e. The predicted octanol–water partition coefficient (Wildman–Crippen LogP) is 2.28. The Labute approximate surface area is 130 Å². The van der Waals surface area contributed by atoms with E-state index in [0.717, 1.165) is 13.0 Å². The van der Waals surface area contributed by atoms with Crippen molar-refractivity contribution in [2.24, 2.45) is 10.9 Å². The van der Waals surface area contributed by atoms with E-state index in [2.05, 4.69) is 41.7 Å². The second-order valence-corrected chi connectivity index (χ2v) is 7.01. The first kappa shape index (κ1) is 19.7. The van der Waals surface area contributed by atoms with Crippen LogP contribution in [0.3, 0.4) is 0 Å². The highest BCUT2D eigenvalue weighted by molar-refractivity contribution is 5.85. The summed E-state index contributed by atoms with van der Waals surface area (Å²) in [5.74, 6) is 1.35. The molecule has 0 radical (unpaired) electrons. The average molecular weight is 298 g/mol. The number of rotatable bonds is 7. The van der Waals surface area contributed by atoms with Gasteiger partial charge in [0.25, 0.3) is 0 Å². The van der Waals surface area contributed by atoms with Gasteiger partial charge >= 0.3 is 0 Å². The van der Waals surface area contributed by atoms with Crippen LogP contribution in [0.4, 0.5) is 0 Å². The Morgan fingerprint density at radius 3 is 2.24 bits per heavy atom. The second kappa shape index (κ2) is 9.64. The first-order valence-corrected chi connectivity index (χ1v) is 8.00. The van der Waals surface area contributed by atoms with Crippen LogP contribution in [0.15, 0.2) is 4.99 Å². The molecule has 5 nitrogen and oxygen atoms in total. The number of amides is 1. The lowest BCUT2D eigenvalue weighted by atomic mass is 10.0. The summed E-state index contributed by atoms with van der Waals surface area (Å²) in [7, 11) is 0. The summed E-state index contributed by atoms with van der Waals surface area (Å²) in [6, 6.07) is 0.343. The minimum absolute atomic E-state index is 0.0606. The summed E-state index contributed by atoms with van der Waals surface area (Å²) in [4.78, 5) is 16.1. The molecular formula is C16H34N4O. The molecule has 0 spiro atoms. The monoisotopic (exact) mass is 298 g/mol. The van der Waals surface area contributed by atoms with Gasteiger partial charge in [-0.1, -0.05) is 13.8 Å². The first-order valence-electron chi connectivity index (χ1n) is 8.00. The lowest BCUT2D eigenvalue weighted by Gasteiger charge is -2.21. The van der Waals surface area contributed by atoms with Crippen LogP contribution in [0.1, 0.15) is 61.3 Å². The Morgan fingerprint density at radius 2 is 1.76 bits per heavy atom. The summed E-state index contributed by atoms with van der Waals surface area (Å²) >= 11 is 0. The number of nitrogens with one attached hydrogen (secondary N) is 3. The highest BCUT2D eigenvalue weighted by Crippen LogP contribution is 2.06. The fourth-order valence-corrected chi connectivity index (χ4v) is 1.82. The molecule has 0 aliphatic carbocycles. The van der Waals surface area contributed by atoms with E-state index in [1.165, 1.54) is 6.42 Å². The van der Waals surface area contributed by atoms with E-state index in [-0.39, 0.29) is 18.0 Å². The molecule has 1 unspecified atom stereocenters. The maximum absolute atomic E-state index is 11.8. The minimum atomic E-state index is -0.219. The summed E-state index contributed by atoms with van der Waals surface area (Å²) in [6.07, 6.45) is 2.27. The Hall–Kier alpha value is -1.26. The van der Waals surface area contributed by atoms with E-state index >= 15 is 0 Å². The molecule has 0 aromatic heterocycles. The van der Waals surface area contributed by atoms with Crippen LogP contribution in [0.25, 0.3) is 0 Å². The molecule has 0 heterocycles. The zero-order valence-corrected chi connectivity index (χ0v) is 14.8. The number of guanidine groups is 1. The fourth-order valence-electron chi connectivity index (χ4n) is 1.82. The van der Waals surface area contributed by atoms with Gasteiger partial charge in [0.2, 0.25) is 5.91 Å². The Kier molecular flexibility index (Phi) is 9.06. The molecule has 0 saturated heterocycles. The largest absolute Gasteiger partial charge is 0.357 e. The molecule has 21 heavy (non-hydrogen) atoms. The number of nitrogens with zero attached hydrogens (tertiary/aromatic N) is 1. The van der Waals surface area contributed by atoms with Crippen LogP contribution < -0.4 is 16.0 Å². The third-order valence-electron chi connectivity index (χ3n) is 2.80. The fraction of sp³-hybridized carbons (Fsp3) is 0.875. The first-order chi connectivity index (χ1) is 9.64. The standard InChI is InChI=1S/C16H34N4O/c1-8-17-15(19-13(4)10-9-12(2)3)18-11-14(21)20-16(5,6)7/h12-13H,8-11H2,1-7H3,(H,20,21)(H2,17,18,19). The molecule has 1 amide bonds. The van der Waals surface area contributed by atoms with E-state index in [1.807, 2.05) is 27.7 Å². The van der Waals surface area contributed by atoms with Gasteiger partial charge in [0.15, 0.2) is 5.96 Å². The average Bonchev–Trinajstić information content (AvgIpc) is 2.31. The van der Waals surface area contributed by atoms with Gasteiger partial charge in [-0.05, 0) is 53.4 Å². The maximum atomic E-state index is 11.8. The summed E-state index contributed by atoms with van der Waals surface area (Å²) in [5, 5.41) is 9.44. The molecule has 1 atom stereocenters. The molecule has 0 aromatic rings. The Balaban J connectivity index is 4.39. The number of aliphatic imine (C=N–C) groups is 1. The van der Waals surface area contributed by atoms with Crippen molar-refractivity contribution in [3.8, 4) is 0 Å². The van der Waals surface area contributed by atoms with E-state index in [0.29, 0.717) is 17.9 Å². The van der Waals surface area contributed by atoms with Crippen LogP contribution in [0.2, 0.25) is 0 Å². The molecule has 0 aliphatic rings. The van der Waals surface area contributed by atoms with Crippen molar-refractivity contribution in [3.05, 3.63) is 0 Å². The van der Waals surface area contributed by atoms with E-state index in [9.17, 15) is 4.79 Å². The molecule has 124 valence electrons. The molecule has 0 saturated carbocycles. The molecule has 0 rings (SSSR count). The maximum Gasteiger partial charge on any atom is 0.242 e. The van der Waals surface area contributed by atoms with Gasteiger partial charge in [-0.2, -0.15) is 0 Å². The normalized spacial score (nSPS) is 14.0. The van der Waals surface area contributed by atoms with Gasteiger partial charge in [0.1, 0.15) is 6.54 Å². The predicted molar refractivity (Wildman–Crippen MR) is 90.5 cm³/mol. The third-order valence-corrected chi connectivity index (χ3v) is 2.80. The highest BCUT2D eigenvalue weighted by Gasteiger charge is 2.13. The van der Waals surface area contributed by atoms with Crippen molar-refractivity contribution < 1.29 is 4.79 Å². The number of hydrogen-bond donors (Lipinski definition) is 3. The van der Waals surface area contributed by atoms with Gasteiger partial charge < -0.3 is 16.0 Å². The lowest BCUT2D eigenvalue weighted by Crippen LogP contribution is -2.44. The molecule has 3 N–H and O–H groups in total. The lowest BCUT2D eigenvalue weighted by molar-refractivity contribution is -0.121. The van der Waals surface area contributed by atoms with Gasteiger partial charge in [-0.15, -0.1) is 0 Å². The molecular weight excluding hydrogens is 264 g/mol.